The molecule has 0 radical (unpaired) electrons. The summed E-state index contributed by atoms with van der Waals surface area (Å²) < 4.78 is 0. The van der Waals surface area contributed by atoms with E-state index in [2.05, 4.69) is 0 Å². The molecule has 2 aromatic rings. The van der Waals surface area contributed by atoms with Crippen molar-refractivity contribution in [1.82, 2.24) is 4.90 Å². The lowest BCUT2D eigenvalue weighted by Gasteiger charge is -2.22. The molecule has 23 heavy (non-hydrogen) atoms. The summed E-state index contributed by atoms with van der Waals surface area (Å²) in [6.07, 6.45) is 0. The molecule has 1 heterocycles. The number of hydrogen-bond acceptors (Lipinski definition) is 2. The van der Waals surface area contributed by atoms with E-state index in [0.717, 1.165) is 10.5 Å². The van der Waals surface area contributed by atoms with Gasteiger partial charge in [0.25, 0.3) is 11.8 Å². The molecule has 3 nitrogen and oxygen atoms in total. The lowest BCUT2D eigenvalue weighted by molar-refractivity contribution is 0.0595. The first kappa shape index (κ1) is 16.6. The number of halogens is 4. The Labute approximate surface area is 152 Å². The third kappa shape index (κ3) is 2.43. The van der Waals surface area contributed by atoms with Gasteiger partial charge in [0, 0.05) is 0 Å². The first-order valence-electron chi connectivity index (χ1n) is 6.65. The van der Waals surface area contributed by atoms with Gasteiger partial charge in [-0.2, -0.15) is 0 Å². The summed E-state index contributed by atoms with van der Waals surface area (Å²) in [6.45, 7) is 1.75. The molecule has 7 heteroatoms. The van der Waals surface area contributed by atoms with E-state index in [0.29, 0.717) is 0 Å². The fraction of sp³-hybridized carbons (Fsp3) is 0.125. The third-order valence-corrected chi connectivity index (χ3v) is 5.60. The van der Waals surface area contributed by atoms with E-state index < -0.39 is 17.9 Å². The molecule has 0 saturated carbocycles. The van der Waals surface area contributed by atoms with Crippen molar-refractivity contribution in [2.45, 2.75) is 13.0 Å². The fourth-order valence-corrected chi connectivity index (χ4v) is 3.61. The van der Waals surface area contributed by atoms with Gasteiger partial charge in [-0.15, -0.1) is 0 Å². The second kappa shape index (κ2) is 5.99. The van der Waals surface area contributed by atoms with Crippen LogP contribution in [0.3, 0.4) is 0 Å². The van der Waals surface area contributed by atoms with Crippen molar-refractivity contribution >= 4 is 58.2 Å². The van der Waals surface area contributed by atoms with Gasteiger partial charge in [-0.3, -0.25) is 14.5 Å². The highest BCUT2D eigenvalue weighted by Gasteiger charge is 2.43. The number of rotatable bonds is 2. The largest absolute Gasteiger partial charge is 0.268 e. The molecule has 3 rings (SSSR count). The predicted octanol–water partition coefficient (Wildman–Crippen LogP) is 5.66. The maximum atomic E-state index is 12.7. The average molecular weight is 389 g/mol. The van der Waals surface area contributed by atoms with E-state index in [-0.39, 0.29) is 31.2 Å². The fourth-order valence-electron chi connectivity index (χ4n) is 2.60. The van der Waals surface area contributed by atoms with E-state index in [9.17, 15) is 9.59 Å². The van der Waals surface area contributed by atoms with Crippen LogP contribution >= 0.6 is 46.4 Å². The molecular weight excluding hydrogens is 380 g/mol. The maximum absolute atomic E-state index is 12.7. The summed E-state index contributed by atoms with van der Waals surface area (Å²) in [5, 5.41) is -0.186. The van der Waals surface area contributed by atoms with Crippen LogP contribution in [0.15, 0.2) is 30.3 Å². The number of carbonyl (C=O) groups excluding carboxylic acids is 2. The van der Waals surface area contributed by atoms with Gasteiger partial charge in [-0.05, 0) is 12.5 Å². The molecule has 2 amide bonds. The van der Waals surface area contributed by atoms with Crippen molar-refractivity contribution in [2.24, 2.45) is 0 Å². The topological polar surface area (TPSA) is 37.4 Å². The van der Waals surface area contributed by atoms with Crippen LogP contribution in [0.1, 0.15) is 39.2 Å². The highest BCUT2D eigenvalue weighted by atomic mass is 35.5. The van der Waals surface area contributed by atoms with Gasteiger partial charge >= 0.3 is 0 Å². The van der Waals surface area contributed by atoms with E-state index in [1.54, 1.807) is 6.92 Å². The lowest BCUT2D eigenvalue weighted by atomic mass is 10.1. The van der Waals surface area contributed by atoms with Crippen molar-refractivity contribution in [3.05, 3.63) is 67.1 Å². The number of imide groups is 1. The third-order valence-electron chi connectivity index (χ3n) is 3.80. The molecule has 0 aliphatic carbocycles. The Morgan fingerprint density at radius 2 is 1.22 bits per heavy atom. The SMILES string of the molecule is C[C@H](c1ccccc1)N1C(=O)c2c(Cl)c(Cl)c(Cl)c(Cl)c2C1=O. The Hall–Kier alpha value is -1.26. The Bertz CT molecular complexity index is 789. The zero-order valence-electron chi connectivity index (χ0n) is 11.7. The molecule has 0 N–H and O–H groups in total. The van der Waals surface area contributed by atoms with Crippen LogP contribution in [0.5, 0.6) is 0 Å². The van der Waals surface area contributed by atoms with Crippen LogP contribution in [0, 0.1) is 0 Å². The molecule has 1 aliphatic heterocycles. The summed E-state index contributed by atoms with van der Waals surface area (Å²) in [7, 11) is 0. The van der Waals surface area contributed by atoms with E-state index in [1.807, 2.05) is 30.3 Å². The van der Waals surface area contributed by atoms with E-state index in [1.165, 1.54) is 0 Å². The average Bonchev–Trinajstić information content (AvgIpc) is 2.82. The van der Waals surface area contributed by atoms with Gasteiger partial charge in [0.05, 0.1) is 37.3 Å². The number of nitrogens with zero attached hydrogens (tertiary/aromatic N) is 1. The second-order valence-corrected chi connectivity index (χ2v) is 6.58. The van der Waals surface area contributed by atoms with Crippen molar-refractivity contribution in [3.63, 3.8) is 0 Å². The van der Waals surface area contributed by atoms with Crippen LogP contribution in [0.4, 0.5) is 0 Å². The number of hydrogen-bond donors (Lipinski definition) is 0. The maximum Gasteiger partial charge on any atom is 0.263 e. The standard InChI is InChI=1S/C16H9Cl4NO2/c1-7(8-5-3-2-4-6-8)21-15(22)9-10(16(21)23)12(18)14(20)13(19)11(9)17/h2-7H,1H3/t7-/m1/s1. The molecule has 0 spiro atoms. The second-order valence-electron chi connectivity index (χ2n) is 5.07. The Morgan fingerprint density at radius 3 is 1.65 bits per heavy atom. The number of benzene rings is 2. The first-order chi connectivity index (χ1) is 10.9. The van der Waals surface area contributed by atoms with Crippen molar-refractivity contribution in [1.29, 1.82) is 0 Å². The summed E-state index contributed by atoms with van der Waals surface area (Å²) in [4.78, 5) is 26.6. The molecule has 1 atom stereocenters. The van der Waals surface area contributed by atoms with E-state index >= 15 is 0 Å². The molecular formula is C16H9Cl4NO2. The molecule has 2 aromatic carbocycles. The molecule has 0 saturated heterocycles. The van der Waals surface area contributed by atoms with Gasteiger partial charge in [-0.25, -0.2) is 0 Å². The molecule has 0 fully saturated rings. The van der Waals surface area contributed by atoms with Crippen LogP contribution in [-0.4, -0.2) is 16.7 Å². The Balaban J connectivity index is 2.15. The lowest BCUT2D eigenvalue weighted by Crippen LogP contribution is -2.32. The zero-order chi connectivity index (χ0) is 16.9. The van der Waals surface area contributed by atoms with Crippen LogP contribution < -0.4 is 0 Å². The molecule has 0 unspecified atom stereocenters. The summed E-state index contributed by atoms with van der Waals surface area (Å²) in [5.74, 6) is -1.07. The molecule has 118 valence electrons. The summed E-state index contributed by atoms with van der Waals surface area (Å²) in [5.41, 5.74) is 0.809. The minimum absolute atomic E-state index is 0.00107. The van der Waals surface area contributed by atoms with Gasteiger partial charge in [0.15, 0.2) is 0 Å². The van der Waals surface area contributed by atoms with Gasteiger partial charge in [0.1, 0.15) is 0 Å². The number of amides is 2. The Kier molecular flexibility index (Phi) is 4.32. The summed E-state index contributed by atoms with van der Waals surface area (Å²) in [6, 6.07) is 8.70. The van der Waals surface area contributed by atoms with Crippen LogP contribution in [0.25, 0.3) is 0 Å². The smallest absolute Gasteiger partial charge is 0.263 e. The first-order valence-corrected chi connectivity index (χ1v) is 8.16. The van der Waals surface area contributed by atoms with Crippen molar-refractivity contribution in [2.75, 3.05) is 0 Å². The molecule has 1 aliphatic rings. The van der Waals surface area contributed by atoms with Crippen LogP contribution in [-0.2, 0) is 0 Å². The number of fused-ring (bicyclic) bond motifs is 1. The zero-order valence-corrected chi connectivity index (χ0v) is 14.8. The van der Waals surface area contributed by atoms with Gasteiger partial charge in [0.2, 0.25) is 0 Å². The van der Waals surface area contributed by atoms with Crippen molar-refractivity contribution in [3.8, 4) is 0 Å². The van der Waals surface area contributed by atoms with Crippen LogP contribution in [0.2, 0.25) is 20.1 Å². The predicted molar refractivity (Wildman–Crippen MR) is 91.8 cm³/mol. The van der Waals surface area contributed by atoms with Gasteiger partial charge < -0.3 is 0 Å². The quantitative estimate of drug-likeness (QED) is 0.378. The van der Waals surface area contributed by atoms with Crippen molar-refractivity contribution < 1.29 is 9.59 Å². The Morgan fingerprint density at radius 1 is 0.783 bits per heavy atom. The van der Waals surface area contributed by atoms with Gasteiger partial charge in [-0.1, -0.05) is 76.7 Å². The molecule has 0 bridgehead atoms. The normalized spacial score (nSPS) is 15.1. The van der Waals surface area contributed by atoms with E-state index in [4.69, 9.17) is 46.4 Å². The highest BCUT2D eigenvalue weighted by Crippen LogP contribution is 2.46. The number of carbonyl (C=O) groups is 2. The minimum Gasteiger partial charge on any atom is -0.268 e. The minimum atomic E-state index is -0.535. The highest BCUT2D eigenvalue weighted by molar-refractivity contribution is 6.55. The summed E-state index contributed by atoms with van der Waals surface area (Å²) >= 11 is 24.2. The monoisotopic (exact) mass is 387 g/mol. The molecule has 0 aromatic heterocycles.